The van der Waals surface area contributed by atoms with Crippen LogP contribution in [0, 0.1) is 0 Å². The molecule has 2 aromatic rings. The minimum absolute atomic E-state index is 1.09. The zero-order chi connectivity index (χ0) is 10.4. The van der Waals surface area contributed by atoms with Gasteiger partial charge in [-0.3, -0.25) is 4.98 Å². The van der Waals surface area contributed by atoms with Crippen LogP contribution in [0.25, 0.3) is 10.8 Å². The third kappa shape index (κ3) is 2.32. The summed E-state index contributed by atoms with van der Waals surface area (Å²) >= 11 is 0. The summed E-state index contributed by atoms with van der Waals surface area (Å²) in [6.45, 7) is 6.16. The van der Waals surface area contributed by atoms with E-state index in [0.717, 1.165) is 6.42 Å². The number of pyridine rings is 1. The van der Waals surface area contributed by atoms with E-state index in [1.54, 1.807) is 0 Å². The monoisotopic (exact) mass is 187 g/mol. The molecule has 1 aromatic heterocycles. The summed E-state index contributed by atoms with van der Waals surface area (Å²) in [5.74, 6) is 0. The lowest BCUT2D eigenvalue weighted by atomic mass is 10.1. The van der Waals surface area contributed by atoms with E-state index < -0.39 is 0 Å². The van der Waals surface area contributed by atoms with E-state index >= 15 is 0 Å². The molecule has 1 aromatic carbocycles. The fourth-order valence-electron chi connectivity index (χ4n) is 1.35. The van der Waals surface area contributed by atoms with Crippen LogP contribution in [-0.2, 0) is 6.42 Å². The van der Waals surface area contributed by atoms with E-state index in [2.05, 4.69) is 30.1 Å². The Morgan fingerprint density at radius 3 is 2.57 bits per heavy atom. The second-order valence-electron chi connectivity index (χ2n) is 2.91. The van der Waals surface area contributed by atoms with E-state index in [0.29, 0.717) is 0 Å². The van der Waals surface area contributed by atoms with Gasteiger partial charge in [-0.05, 0) is 29.5 Å². The van der Waals surface area contributed by atoms with E-state index in [1.165, 1.54) is 16.3 Å². The van der Waals surface area contributed by atoms with Crippen molar-refractivity contribution in [3.63, 3.8) is 0 Å². The SMILES string of the molecule is CC.CCc1ccc2ccncc2c1. The van der Waals surface area contributed by atoms with Crippen molar-refractivity contribution in [1.29, 1.82) is 0 Å². The Bertz CT molecular complexity index is 393. The van der Waals surface area contributed by atoms with Crippen LogP contribution in [0.5, 0.6) is 0 Å². The van der Waals surface area contributed by atoms with Crippen LogP contribution in [0.15, 0.2) is 36.7 Å². The molecule has 0 aliphatic heterocycles. The molecule has 14 heavy (non-hydrogen) atoms. The number of aryl methyl sites for hydroxylation is 1. The predicted octanol–water partition coefficient (Wildman–Crippen LogP) is 3.82. The number of nitrogens with zero attached hydrogens (tertiary/aromatic N) is 1. The molecule has 1 heteroatoms. The molecule has 1 heterocycles. The first-order valence-electron chi connectivity index (χ1n) is 5.23. The highest BCUT2D eigenvalue weighted by Crippen LogP contribution is 2.14. The molecule has 0 aliphatic carbocycles. The molecule has 0 radical (unpaired) electrons. The van der Waals surface area contributed by atoms with Crippen LogP contribution in [0.2, 0.25) is 0 Å². The minimum atomic E-state index is 1.09. The molecule has 2 rings (SSSR count). The van der Waals surface area contributed by atoms with Crippen molar-refractivity contribution in [3.8, 4) is 0 Å². The summed E-state index contributed by atoms with van der Waals surface area (Å²) in [5, 5.41) is 2.50. The second kappa shape index (κ2) is 5.38. The van der Waals surface area contributed by atoms with Crippen LogP contribution in [-0.4, -0.2) is 4.98 Å². The van der Waals surface area contributed by atoms with Gasteiger partial charge in [0.15, 0.2) is 0 Å². The molecule has 0 aliphatic rings. The maximum atomic E-state index is 4.09. The number of benzene rings is 1. The van der Waals surface area contributed by atoms with Gasteiger partial charge in [-0.1, -0.05) is 32.9 Å². The molecule has 0 bridgehead atoms. The molecule has 0 saturated heterocycles. The lowest BCUT2D eigenvalue weighted by Crippen LogP contribution is -1.80. The maximum Gasteiger partial charge on any atom is 0.0346 e. The highest BCUT2D eigenvalue weighted by atomic mass is 14.6. The average Bonchev–Trinajstić information content (AvgIpc) is 2.31. The first-order valence-corrected chi connectivity index (χ1v) is 5.23. The van der Waals surface area contributed by atoms with Gasteiger partial charge < -0.3 is 0 Å². The van der Waals surface area contributed by atoms with Gasteiger partial charge in [0, 0.05) is 17.8 Å². The zero-order valence-electron chi connectivity index (χ0n) is 9.12. The molecule has 74 valence electrons. The van der Waals surface area contributed by atoms with Crippen molar-refractivity contribution >= 4 is 10.8 Å². The third-order valence-corrected chi connectivity index (χ3v) is 2.11. The molecule has 0 unspecified atom stereocenters. The second-order valence-corrected chi connectivity index (χ2v) is 2.91. The summed E-state index contributed by atoms with van der Waals surface area (Å²) in [6.07, 6.45) is 4.83. The molecule has 0 spiro atoms. The topological polar surface area (TPSA) is 12.9 Å². The molecule has 0 fully saturated rings. The lowest BCUT2D eigenvalue weighted by molar-refractivity contribution is 1.14. The quantitative estimate of drug-likeness (QED) is 0.661. The third-order valence-electron chi connectivity index (χ3n) is 2.11. The summed E-state index contributed by atoms with van der Waals surface area (Å²) < 4.78 is 0. The van der Waals surface area contributed by atoms with Crippen LogP contribution in [0.1, 0.15) is 26.3 Å². The van der Waals surface area contributed by atoms with Crippen LogP contribution < -0.4 is 0 Å². The van der Waals surface area contributed by atoms with Crippen molar-refractivity contribution in [1.82, 2.24) is 4.98 Å². The van der Waals surface area contributed by atoms with Crippen molar-refractivity contribution in [2.45, 2.75) is 27.2 Å². The van der Waals surface area contributed by atoms with Crippen LogP contribution >= 0.6 is 0 Å². The van der Waals surface area contributed by atoms with Crippen molar-refractivity contribution in [2.24, 2.45) is 0 Å². The van der Waals surface area contributed by atoms with Gasteiger partial charge in [0.25, 0.3) is 0 Å². The van der Waals surface area contributed by atoms with Gasteiger partial charge in [-0.25, -0.2) is 0 Å². The first kappa shape index (κ1) is 10.7. The zero-order valence-corrected chi connectivity index (χ0v) is 9.12. The molecule has 0 N–H and O–H groups in total. The first-order chi connectivity index (χ1) is 6.90. The Kier molecular flexibility index (Phi) is 4.11. The minimum Gasteiger partial charge on any atom is -0.264 e. The summed E-state index contributed by atoms with van der Waals surface area (Å²) in [6, 6.07) is 8.55. The highest BCUT2D eigenvalue weighted by Gasteiger charge is 1.92. The van der Waals surface area contributed by atoms with Crippen molar-refractivity contribution < 1.29 is 0 Å². The van der Waals surface area contributed by atoms with Gasteiger partial charge in [0.1, 0.15) is 0 Å². The Morgan fingerprint density at radius 1 is 1.07 bits per heavy atom. The molecular weight excluding hydrogens is 170 g/mol. The molecule has 1 nitrogen and oxygen atoms in total. The fourth-order valence-corrected chi connectivity index (χ4v) is 1.35. The van der Waals surface area contributed by atoms with E-state index in [1.807, 2.05) is 32.3 Å². The standard InChI is InChI=1S/C11H11N.C2H6/c1-2-9-3-4-10-5-6-12-8-11(10)7-9;1-2/h3-8H,2H2,1H3;1-2H3. The smallest absolute Gasteiger partial charge is 0.0346 e. The number of aromatic nitrogens is 1. The Balaban J connectivity index is 0.000000461. The molecular formula is C13H17N. The summed E-state index contributed by atoms with van der Waals surface area (Å²) in [7, 11) is 0. The van der Waals surface area contributed by atoms with Crippen molar-refractivity contribution in [3.05, 3.63) is 42.2 Å². The Labute approximate surface area is 85.8 Å². The highest BCUT2D eigenvalue weighted by molar-refractivity contribution is 5.81. The van der Waals surface area contributed by atoms with Crippen LogP contribution in [0.3, 0.4) is 0 Å². The molecule has 0 atom stereocenters. The summed E-state index contributed by atoms with van der Waals surface area (Å²) in [4.78, 5) is 4.09. The fraction of sp³-hybridized carbons (Fsp3) is 0.308. The number of rotatable bonds is 1. The van der Waals surface area contributed by atoms with E-state index in [4.69, 9.17) is 0 Å². The maximum absolute atomic E-state index is 4.09. The van der Waals surface area contributed by atoms with Gasteiger partial charge >= 0.3 is 0 Å². The van der Waals surface area contributed by atoms with Gasteiger partial charge in [0.05, 0.1) is 0 Å². The summed E-state index contributed by atoms with van der Waals surface area (Å²) in [5.41, 5.74) is 1.37. The van der Waals surface area contributed by atoms with Gasteiger partial charge in [-0.15, -0.1) is 0 Å². The number of fused-ring (bicyclic) bond motifs is 1. The van der Waals surface area contributed by atoms with E-state index in [9.17, 15) is 0 Å². The average molecular weight is 187 g/mol. The van der Waals surface area contributed by atoms with Crippen LogP contribution in [0.4, 0.5) is 0 Å². The largest absolute Gasteiger partial charge is 0.264 e. The number of hydrogen-bond acceptors (Lipinski definition) is 1. The van der Waals surface area contributed by atoms with Gasteiger partial charge in [0.2, 0.25) is 0 Å². The van der Waals surface area contributed by atoms with E-state index in [-0.39, 0.29) is 0 Å². The molecule has 0 amide bonds. The Hall–Kier alpha value is -1.37. The Morgan fingerprint density at radius 2 is 1.86 bits per heavy atom. The lowest BCUT2D eigenvalue weighted by Gasteiger charge is -1.99. The normalized spacial score (nSPS) is 9.36. The number of hydrogen-bond donors (Lipinski definition) is 0. The molecule has 0 saturated carbocycles. The van der Waals surface area contributed by atoms with Crippen molar-refractivity contribution in [2.75, 3.05) is 0 Å². The predicted molar refractivity (Wildman–Crippen MR) is 62.5 cm³/mol. The van der Waals surface area contributed by atoms with Gasteiger partial charge in [-0.2, -0.15) is 0 Å².